The van der Waals surface area contributed by atoms with Crippen molar-refractivity contribution < 1.29 is 0 Å². The predicted molar refractivity (Wildman–Crippen MR) is 71.4 cm³/mol. The lowest BCUT2D eigenvalue weighted by Gasteiger charge is -2.35. The van der Waals surface area contributed by atoms with Crippen LogP contribution in [-0.2, 0) is 6.54 Å². The molecule has 0 unspecified atom stereocenters. The molecule has 1 aromatic carbocycles. The Morgan fingerprint density at radius 1 is 1.31 bits per heavy atom. The van der Waals surface area contributed by atoms with Gasteiger partial charge in [-0.1, -0.05) is 19.1 Å². The van der Waals surface area contributed by atoms with Gasteiger partial charge in [0.05, 0.1) is 0 Å². The van der Waals surface area contributed by atoms with Gasteiger partial charge in [-0.25, -0.2) is 0 Å². The van der Waals surface area contributed by atoms with Crippen molar-refractivity contribution in [1.82, 2.24) is 4.90 Å². The Morgan fingerprint density at radius 3 is 2.50 bits per heavy atom. The van der Waals surface area contributed by atoms with E-state index in [2.05, 4.69) is 45.7 Å². The van der Waals surface area contributed by atoms with E-state index in [-0.39, 0.29) is 5.54 Å². The van der Waals surface area contributed by atoms with E-state index in [0.29, 0.717) is 0 Å². The molecule has 0 aromatic heterocycles. The number of anilines is 1. The number of nitrogens with zero attached hydrogens (tertiary/aromatic N) is 1. The molecule has 2 N–H and O–H groups in total. The first-order chi connectivity index (χ1) is 7.38. The van der Waals surface area contributed by atoms with Crippen LogP contribution in [0.2, 0.25) is 0 Å². The highest BCUT2D eigenvalue weighted by molar-refractivity contribution is 5.49. The van der Waals surface area contributed by atoms with E-state index >= 15 is 0 Å². The molecule has 16 heavy (non-hydrogen) atoms. The third kappa shape index (κ3) is 2.76. The minimum atomic E-state index is 0.233. The zero-order chi connectivity index (χ0) is 12.3. The fraction of sp³-hybridized carbons (Fsp3) is 0.571. The highest BCUT2D eigenvalue weighted by Gasteiger charge is 2.21. The molecule has 0 aliphatic rings. The summed E-state index contributed by atoms with van der Waals surface area (Å²) >= 11 is 0. The van der Waals surface area contributed by atoms with Gasteiger partial charge in [0, 0.05) is 17.8 Å². The fourth-order valence-electron chi connectivity index (χ4n) is 1.61. The summed E-state index contributed by atoms with van der Waals surface area (Å²) in [4.78, 5) is 2.38. The second-order valence-electron chi connectivity index (χ2n) is 5.15. The Balaban J connectivity index is 2.85. The SMILES string of the molecule is CCC(C)(C)N(C)Cc1cccc(N)c1C. The van der Waals surface area contributed by atoms with Crippen molar-refractivity contribution in [1.29, 1.82) is 0 Å². The predicted octanol–water partition coefficient (Wildman–Crippen LogP) is 3.20. The minimum Gasteiger partial charge on any atom is -0.399 e. The number of nitrogens with two attached hydrogens (primary N) is 1. The highest BCUT2D eigenvalue weighted by atomic mass is 15.2. The lowest BCUT2D eigenvalue weighted by Crippen LogP contribution is -2.39. The third-order valence-corrected chi connectivity index (χ3v) is 3.79. The van der Waals surface area contributed by atoms with Crippen LogP contribution >= 0.6 is 0 Å². The molecular weight excluding hydrogens is 196 g/mol. The zero-order valence-electron chi connectivity index (χ0n) is 11.2. The molecule has 0 saturated heterocycles. The summed E-state index contributed by atoms with van der Waals surface area (Å²) in [7, 11) is 2.17. The molecule has 0 radical (unpaired) electrons. The van der Waals surface area contributed by atoms with Crippen LogP contribution in [0.1, 0.15) is 38.3 Å². The van der Waals surface area contributed by atoms with E-state index in [9.17, 15) is 0 Å². The largest absolute Gasteiger partial charge is 0.399 e. The average Bonchev–Trinajstić information content (AvgIpc) is 2.24. The minimum absolute atomic E-state index is 0.233. The zero-order valence-corrected chi connectivity index (χ0v) is 11.2. The summed E-state index contributed by atoms with van der Waals surface area (Å²) < 4.78 is 0. The van der Waals surface area contributed by atoms with Crippen molar-refractivity contribution >= 4 is 5.69 Å². The molecule has 2 heteroatoms. The first-order valence-electron chi connectivity index (χ1n) is 5.93. The van der Waals surface area contributed by atoms with Crippen LogP contribution in [0, 0.1) is 6.92 Å². The van der Waals surface area contributed by atoms with Gasteiger partial charge < -0.3 is 5.73 Å². The van der Waals surface area contributed by atoms with E-state index in [1.165, 1.54) is 11.1 Å². The van der Waals surface area contributed by atoms with Gasteiger partial charge in [-0.15, -0.1) is 0 Å². The molecule has 0 heterocycles. The van der Waals surface area contributed by atoms with E-state index in [0.717, 1.165) is 18.7 Å². The molecule has 0 fully saturated rings. The van der Waals surface area contributed by atoms with Crippen LogP contribution in [0.4, 0.5) is 5.69 Å². The average molecular weight is 220 g/mol. The summed E-state index contributed by atoms with van der Waals surface area (Å²) in [5.41, 5.74) is 9.57. The lowest BCUT2D eigenvalue weighted by molar-refractivity contribution is 0.143. The summed E-state index contributed by atoms with van der Waals surface area (Å²) in [6.07, 6.45) is 1.14. The van der Waals surface area contributed by atoms with Crippen LogP contribution in [0.25, 0.3) is 0 Å². The topological polar surface area (TPSA) is 29.3 Å². The van der Waals surface area contributed by atoms with Gasteiger partial charge in [-0.2, -0.15) is 0 Å². The maximum Gasteiger partial charge on any atom is 0.0346 e. The van der Waals surface area contributed by atoms with E-state index in [1.54, 1.807) is 0 Å². The number of rotatable bonds is 4. The Hall–Kier alpha value is -1.02. The summed E-state index contributed by atoms with van der Waals surface area (Å²) in [5, 5.41) is 0. The molecule has 0 atom stereocenters. The molecule has 0 amide bonds. The maximum absolute atomic E-state index is 5.92. The van der Waals surface area contributed by atoms with Crippen molar-refractivity contribution in [3.05, 3.63) is 29.3 Å². The van der Waals surface area contributed by atoms with Gasteiger partial charge in [-0.05, 0) is 51.4 Å². The van der Waals surface area contributed by atoms with Gasteiger partial charge in [0.25, 0.3) is 0 Å². The van der Waals surface area contributed by atoms with Crippen molar-refractivity contribution in [3.63, 3.8) is 0 Å². The van der Waals surface area contributed by atoms with Crippen molar-refractivity contribution in [3.8, 4) is 0 Å². The maximum atomic E-state index is 5.92. The smallest absolute Gasteiger partial charge is 0.0346 e. The van der Waals surface area contributed by atoms with Crippen molar-refractivity contribution in [2.45, 2.75) is 46.2 Å². The van der Waals surface area contributed by atoms with Gasteiger partial charge in [0.15, 0.2) is 0 Å². The monoisotopic (exact) mass is 220 g/mol. The second kappa shape index (κ2) is 4.88. The van der Waals surface area contributed by atoms with Crippen LogP contribution in [0.15, 0.2) is 18.2 Å². The second-order valence-corrected chi connectivity index (χ2v) is 5.15. The van der Waals surface area contributed by atoms with Crippen LogP contribution < -0.4 is 5.73 Å². The number of benzene rings is 1. The highest BCUT2D eigenvalue weighted by Crippen LogP contribution is 2.22. The van der Waals surface area contributed by atoms with E-state index in [1.807, 2.05) is 12.1 Å². The number of hydrogen-bond donors (Lipinski definition) is 1. The summed E-state index contributed by atoms with van der Waals surface area (Å²) in [6.45, 7) is 9.82. The van der Waals surface area contributed by atoms with Gasteiger partial charge in [0.2, 0.25) is 0 Å². The fourth-order valence-corrected chi connectivity index (χ4v) is 1.61. The van der Waals surface area contributed by atoms with Crippen LogP contribution in [0.5, 0.6) is 0 Å². The quantitative estimate of drug-likeness (QED) is 0.790. The Bertz CT molecular complexity index is 356. The molecular formula is C14H24N2. The van der Waals surface area contributed by atoms with E-state index in [4.69, 9.17) is 5.73 Å². The molecule has 2 nitrogen and oxygen atoms in total. The third-order valence-electron chi connectivity index (χ3n) is 3.79. The molecule has 90 valence electrons. The van der Waals surface area contributed by atoms with Crippen molar-refractivity contribution in [2.24, 2.45) is 0 Å². The Morgan fingerprint density at radius 2 is 1.94 bits per heavy atom. The molecule has 0 bridgehead atoms. The molecule has 1 aromatic rings. The summed E-state index contributed by atoms with van der Waals surface area (Å²) in [5.74, 6) is 0. The van der Waals surface area contributed by atoms with Crippen LogP contribution in [0.3, 0.4) is 0 Å². The van der Waals surface area contributed by atoms with Gasteiger partial charge in [-0.3, -0.25) is 4.90 Å². The Kier molecular flexibility index (Phi) is 3.98. The van der Waals surface area contributed by atoms with E-state index < -0.39 is 0 Å². The van der Waals surface area contributed by atoms with Gasteiger partial charge >= 0.3 is 0 Å². The molecule has 0 saturated carbocycles. The first-order valence-corrected chi connectivity index (χ1v) is 5.93. The van der Waals surface area contributed by atoms with Crippen LogP contribution in [-0.4, -0.2) is 17.5 Å². The summed E-state index contributed by atoms with van der Waals surface area (Å²) in [6, 6.07) is 6.15. The Labute approximate surface area is 99.5 Å². The first kappa shape index (κ1) is 13.0. The molecule has 1 rings (SSSR count). The lowest BCUT2D eigenvalue weighted by atomic mass is 9.98. The standard InChI is InChI=1S/C14H24N2/c1-6-14(3,4)16(5)10-12-8-7-9-13(15)11(12)2/h7-9H,6,10,15H2,1-5H3. The van der Waals surface area contributed by atoms with Crippen molar-refractivity contribution in [2.75, 3.05) is 12.8 Å². The molecule has 0 spiro atoms. The number of hydrogen-bond acceptors (Lipinski definition) is 2. The molecule has 0 aliphatic carbocycles. The van der Waals surface area contributed by atoms with Gasteiger partial charge in [0.1, 0.15) is 0 Å². The molecule has 0 aliphatic heterocycles. The number of nitrogen functional groups attached to an aromatic ring is 1. The normalized spacial score (nSPS) is 12.1.